The van der Waals surface area contributed by atoms with Crippen LogP contribution in [0.4, 0.5) is 0 Å². The summed E-state index contributed by atoms with van der Waals surface area (Å²) in [7, 11) is 1.39. The lowest BCUT2D eigenvalue weighted by atomic mass is 9.79. The van der Waals surface area contributed by atoms with Crippen molar-refractivity contribution in [2.45, 2.75) is 25.6 Å². The van der Waals surface area contributed by atoms with Gasteiger partial charge in [0.05, 0.1) is 29.7 Å². The van der Waals surface area contributed by atoms with E-state index >= 15 is 0 Å². The minimum absolute atomic E-state index is 0.00432. The number of phenols is 2. The molecule has 2 N–H and O–H groups in total. The first kappa shape index (κ1) is 17.3. The van der Waals surface area contributed by atoms with Crippen molar-refractivity contribution in [2.75, 3.05) is 7.11 Å². The lowest BCUT2D eigenvalue weighted by Crippen LogP contribution is -2.23. The van der Waals surface area contributed by atoms with Gasteiger partial charge in [-0.05, 0) is 24.1 Å². The summed E-state index contributed by atoms with van der Waals surface area (Å²) in [5, 5.41) is 20.7. The molecule has 25 heavy (non-hydrogen) atoms. The molecule has 0 heterocycles. The van der Waals surface area contributed by atoms with Gasteiger partial charge in [0.15, 0.2) is 11.6 Å². The Balaban J connectivity index is 2.36. The molecule has 0 unspecified atom stereocenters. The number of benzene rings is 2. The second kappa shape index (κ2) is 6.41. The van der Waals surface area contributed by atoms with Crippen molar-refractivity contribution in [3.8, 4) is 17.2 Å². The van der Waals surface area contributed by atoms with Gasteiger partial charge >= 0.3 is 0 Å². The third kappa shape index (κ3) is 2.46. The van der Waals surface area contributed by atoms with Gasteiger partial charge in [-0.2, -0.15) is 0 Å². The molecule has 3 rings (SSSR count). The number of halogens is 1. The van der Waals surface area contributed by atoms with Gasteiger partial charge in [0.2, 0.25) is 0 Å². The number of ether oxygens (including phenoxy) is 1. The monoisotopic (exact) mass is 360 g/mol. The largest absolute Gasteiger partial charge is 0.507 e. The Hall–Kier alpha value is -2.53. The van der Waals surface area contributed by atoms with Crippen LogP contribution in [0.1, 0.15) is 56.3 Å². The maximum atomic E-state index is 13.1. The molecule has 0 spiro atoms. The molecular weight excluding hydrogens is 344 g/mol. The summed E-state index contributed by atoms with van der Waals surface area (Å²) in [5.41, 5.74) is 0.970. The van der Waals surface area contributed by atoms with Crippen LogP contribution in [0.15, 0.2) is 18.2 Å². The number of aryl methyl sites for hydroxylation is 1. The minimum atomic E-state index is -0.519. The summed E-state index contributed by atoms with van der Waals surface area (Å²) >= 11 is 5.87. The predicted molar refractivity (Wildman–Crippen MR) is 93.2 cm³/mol. The van der Waals surface area contributed by atoms with E-state index in [1.54, 1.807) is 6.07 Å². The number of alkyl halides is 1. The topological polar surface area (TPSA) is 83.8 Å². The summed E-state index contributed by atoms with van der Waals surface area (Å²) in [6, 6.07) is 4.45. The van der Waals surface area contributed by atoms with Crippen molar-refractivity contribution in [2.24, 2.45) is 0 Å². The molecule has 5 nitrogen and oxygen atoms in total. The van der Waals surface area contributed by atoms with E-state index in [1.807, 2.05) is 6.92 Å². The van der Waals surface area contributed by atoms with Gasteiger partial charge in [-0.1, -0.05) is 19.4 Å². The van der Waals surface area contributed by atoms with Crippen molar-refractivity contribution in [1.29, 1.82) is 0 Å². The van der Waals surface area contributed by atoms with Crippen LogP contribution in [0.3, 0.4) is 0 Å². The zero-order valence-electron chi connectivity index (χ0n) is 13.9. The highest BCUT2D eigenvalue weighted by Crippen LogP contribution is 2.43. The minimum Gasteiger partial charge on any atom is -0.507 e. The SMILES string of the molecule is CCCc1ccc(O)c2c1C(=O)c1c(cc(OC)c(CCl)c1O)C2=O. The van der Waals surface area contributed by atoms with Gasteiger partial charge in [-0.3, -0.25) is 9.59 Å². The van der Waals surface area contributed by atoms with Gasteiger partial charge in [0, 0.05) is 11.1 Å². The van der Waals surface area contributed by atoms with Crippen LogP contribution in [0.25, 0.3) is 0 Å². The maximum absolute atomic E-state index is 13.1. The molecule has 0 fully saturated rings. The maximum Gasteiger partial charge on any atom is 0.198 e. The highest BCUT2D eigenvalue weighted by Gasteiger charge is 2.37. The van der Waals surface area contributed by atoms with Crippen LogP contribution >= 0.6 is 11.6 Å². The van der Waals surface area contributed by atoms with Gasteiger partial charge in [-0.15, -0.1) is 11.6 Å². The summed E-state index contributed by atoms with van der Waals surface area (Å²) in [6.07, 6.45) is 1.35. The summed E-state index contributed by atoms with van der Waals surface area (Å²) < 4.78 is 5.18. The van der Waals surface area contributed by atoms with E-state index in [9.17, 15) is 19.8 Å². The Morgan fingerprint density at radius 2 is 1.80 bits per heavy atom. The first-order chi connectivity index (χ1) is 12.0. The molecule has 0 aromatic heterocycles. The van der Waals surface area contributed by atoms with E-state index in [0.29, 0.717) is 12.0 Å². The average molecular weight is 361 g/mol. The molecule has 0 radical (unpaired) electrons. The number of carbonyl (C=O) groups excluding carboxylic acids is 2. The number of ketones is 2. The third-order valence-electron chi connectivity index (χ3n) is 4.43. The molecule has 0 saturated carbocycles. The quantitative estimate of drug-likeness (QED) is 0.695. The van der Waals surface area contributed by atoms with E-state index in [2.05, 4.69) is 0 Å². The van der Waals surface area contributed by atoms with Crippen LogP contribution in [0, 0.1) is 0 Å². The van der Waals surface area contributed by atoms with Crippen LogP contribution in [-0.2, 0) is 12.3 Å². The average Bonchev–Trinajstić information content (AvgIpc) is 2.60. The molecule has 2 aromatic carbocycles. The number of hydrogen-bond donors (Lipinski definition) is 2. The first-order valence-corrected chi connectivity index (χ1v) is 8.42. The zero-order chi connectivity index (χ0) is 18.3. The summed E-state index contributed by atoms with van der Waals surface area (Å²) in [5.74, 6) is -1.46. The van der Waals surface area contributed by atoms with Crippen LogP contribution in [0.2, 0.25) is 0 Å². The molecule has 0 bridgehead atoms. The van der Waals surface area contributed by atoms with Gasteiger partial charge in [0.25, 0.3) is 0 Å². The van der Waals surface area contributed by atoms with E-state index in [1.165, 1.54) is 19.2 Å². The Morgan fingerprint density at radius 1 is 1.08 bits per heavy atom. The fourth-order valence-corrected chi connectivity index (χ4v) is 3.53. The molecule has 0 amide bonds. The highest BCUT2D eigenvalue weighted by molar-refractivity contribution is 6.31. The number of aromatic hydroxyl groups is 2. The molecule has 0 saturated heterocycles. The van der Waals surface area contributed by atoms with Gasteiger partial charge in [-0.25, -0.2) is 0 Å². The molecular formula is C19H17ClO5. The van der Waals surface area contributed by atoms with E-state index in [-0.39, 0.29) is 50.9 Å². The molecule has 0 atom stereocenters. The molecule has 0 aliphatic heterocycles. The summed E-state index contributed by atoms with van der Waals surface area (Å²) in [4.78, 5) is 26.0. The van der Waals surface area contributed by atoms with Crippen molar-refractivity contribution < 1.29 is 24.5 Å². The molecule has 1 aliphatic rings. The first-order valence-electron chi connectivity index (χ1n) is 7.89. The van der Waals surface area contributed by atoms with E-state index < -0.39 is 11.6 Å². The second-order valence-corrected chi connectivity index (χ2v) is 6.13. The smallest absolute Gasteiger partial charge is 0.198 e. The fraction of sp³-hybridized carbons (Fsp3) is 0.263. The third-order valence-corrected chi connectivity index (χ3v) is 4.70. The standard InChI is InChI=1S/C19H17ClO5/c1-3-4-9-5-6-12(21)16-14(9)19(24)15-10(17(16)22)7-13(25-2)11(8-20)18(15)23/h5-7,21,23H,3-4,8H2,1-2H3. The predicted octanol–water partition coefficient (Wildman–Crippen LogP) is 3.57. The van der Waals surface area contributed by atoms with Crippen LogP contribution < -0.4 is 4.74 Å². The van der Waals surface area contributed by atoms with Crippen LogP contribution in [0.5, 0.6) is 17.2 Å². The van der Waals surface area contributed by atoms with Gasteiger partial charge < -0.3 is 14.9 Å². The van der Waals surface area contributed by atoms with Crippen molar-refractivity contribution >= 4 is 23.2 Å². The Bertz CT molecular complexity index is 901. The molecule has 6 heteroatoms. The lowest BCUT2D eigenvalue weighted by molar-refractivity contribution is 0.0973. The molecule has 130 valence electrons. The fourth-order valence-electron chi connectivity index (χ4n) is 3.27. The number of fused-ring (bicyclic) bond motifs is 2. The Labute approximate surface area is 149 Å². The number of phenolic OH excluding ortho intramolecular Hbond substituents is 2. The molecule has 2 aromatic rings. The normalized spacial score (nSPS) is 12.8. The number of hydrogen-bond acceptors (Lipinski definition) is 5. The number of rotatable bonds is 4. The van der Waals surface area contributed by atoms with Crippen molar-refractivity contribution in [3.63, 3.8) is 0 Å². The number of carbonyl (C=O) groups is 2. The number of methoxy groups -OCH3 is 1. The van der Waals surface area contributed by atoms with Crippen molar-refractivity contribution in [3.05, 3.63) is 51.6 Å². The Morgan fingerprint density at radius 3 is 2.40 bits per heavy atom. The van der Waals surface area contributed by atoms with E-state index in [0.717, 1.165) is 6.42 Å². The van der Waals surface area contributed by atoms with Gasteiger partial charge in [0.1, 0.15) is 17.2 Å². The second-order valence-electron chi connectivity index (χ2n) is 5.86. The lowest BCUT2D eigenvalue weighted by Gasteiger charge is -2.23. The summed E-state index contributed by atoms with van der Waals surface area (Å²) in [6.45, 7) is 1.95. The van der Waals surface area contributed by atoms with E-state index in [4.69, 9.17) is 16.3 Å². The molecule has 1 aliphatic carbocycles. The Kier molecular flexibility index (Phi) is 4.43. The van der Waals surface area contributed by atoms with Crippen LogP contribution in [-0.4, -0.2) is 28.9 Å². The highest BCUT2D eigenvalue weighted by atomic mass is 35.5. The van der Waals surface area contributed by atoms with Crippen molar-refractivity contribution in [1.82, 2.24) is 0 Å². The zero-order valence-corrected chi connectivity index (χ0v) is 14.6.